The average molecular weight is 450 g/mol. The van der Waals surface area contributed by atoms with Crippen LogP contribution in [-0.2, 0) is 6.54 Å². The summed E-state index contributed by atoms with van der Waals surface area (Å²) in [6.45, 7) is 0.824. The van der Waals surface area contributed by atoms with E-state index in [1.807, 2.05) is 23.1 Å². The number of hydrogen-bond acceptors (Lipinski definition) is 7. The third-order valence-electron chi connectivity index (χ3n) is 4.48. The zero-order valence-electron chi connectivity index (χ0n) is 16.5. The third kappa shape index (κ3) is 4.87. The Morgan fingerprint density at radius 2 is 1.63 bits per heavy atom. The molecule has 7 nitrogen and oxygen atoms in total. The molecule has 0 atom stereocenters. The molecule has 1 heterocycles. The summed E-state index contributed by atoms with van der Waals surface area (Å²) < 4.78 is 10.6. The number of rotatable bonds is 8. The second kappa shape index (κ2) is 9.84. The minimum absolute atomic E-state index is 0.0418. The van der Waals surface area contributed by atoms with Crippen molar-refractivity contribution >= 4 is 29.0 Å². The van der Waals surface area contributed by atoms with E-state index in [1.54, 1.807) is 38.5 Å². The Kier molecular flexibility index (Phi) is 7.20. The summed E-state index contributed by atoms with van der Waals surface area (Å²) >= 11 is 12.0. The molecule has 0 saturated heterocycles. The van der Waals surface area contributed by atoms with Crippen LogP contribution in [0.1, 0.15) is 5.56 Å². The highest BCUT2D eigenvalue weighted by Crippen LogP contribution is 2.36. The number of aliphatic hydroxyl groups is 1. The number of hydrogen-bond donors (Lipinski definition) is 2. The van der Waals surface area contributed by atoms with Gasteiger partial charge in [0.25, 0.3) is 0 Å². The van der Waals surface area contributed by atoms with Gasteiger partial charge in [-0.3, -0.25) is 0 Å². The van der Waals surface area contributed by atoms with Gasteiger partial charge >= 0.3 is 0 Å². The van der Waals surface area contributed by atoms with Gasteiger partial charge in [0.1, 0.15) is 0 Å². The molecule has 30 heavy (non-hydrogen) atoms. The van der Waals surface area contributed by atoms with Crippen molar-refractivity contribution in [2.75, 3.05) is 32.3 Å². The van der Waals surface area contributed by atoms with Crippen LogP contribution in [0.25, 0.3) is 11.3 Å². The molecule has 0 fully saturated rings. The number of nitrogens with zero attached hydrogens (tertiary/aromatic N) is 3. The average Bonchev–Trinajstić information content (AvgIpc) is 2.76. The van der Waals surface area contributed by atoms with Gasteiger partial charge in [-0.2, -0.15) is 0 Å². The summed E-state index contributed by atoms with van der Waals surface area (Å²) in [6, 6.07) is 12.4. The largest absolute Gasteiger partial charge is 0.505 e. The lowest BCUT2D eigenvalue weighted by atomic mass is 10.1. The van der Waals surface area contributed by atoms with Gasteiger partial charge in [0, 0.05) is 18.7 Å². The maximum absolute atomic E-state index is 9.72. The fraction of sp³-hybridized carbons (Fsp3) is 0.238. The summed E-state index contributed by atoms with van der Waals surface area (Å²) in [5.41, 5.74) is 2.15. The van der Waals surface area contributed by atoms with Crippen LogP contribution in [-0.4, -0.2) is 47.8 Å². The summed E-state index contributed by atoms with van der Waals surface area (Å²) in [4.78, 5) is 1.90. The van der Waals surface area contributed by atoms with Crippen LogP contribution in [0.3, 0.4) is 0 Å². The molecule has 0 bridgehead atoms. The standard InChI is InChI=1S/C21H21Cl2N3O4/c1-29-18-5-3-13(9-19(18)30-2)12-26(7-8-27)20-6-4-17(24-25-20)14-10-15(22)21(28)16(23)11-14/h3-6,9-11,27-28H,7-8,12H2,1-2H3. The number of anilines is 1. The van der Waals surface area contributed by atoms with E-state index in [9.17, 15) is 10.2 Å². The lowest BCUT2D eigenvalue weighted by Gasteiger charge is -2.23. The van der Waals surface area contributed by atoms with Crippen LogP contribution in [0.5, 0.6) is 17.2 Å². The fourth-order valence-electron chi connectivity index (χ4n) is 2.96. The molecule has 3 aromatic rings. The number of ether oxygens (including phenoxy) is 2. The zero-order valence-corrected chi connectivity index (χ0v) is 18.0. The molecular weight excluding hydrogens is 429 g/mol. The topological polar surface area (TPSA) is 87.9 Å². The van der Waals surface area contributed by atoms with Gasteiger partial charge in [0.15, 0.2) is 23.1 Å². The van der Waals surface area contributed by atoms with Crippen LogP contribution in [0.15, 0.2) is 42.5 Å². The second-order valence-corrected chi connectivity index (χ2v) is 7.21. The molecule has 0 saturated carbocycles. The first-order chi connectivity index (χ1) is 14.5. The summed E-state index contributed by atoms with van der Waals surface area (Å²) in [5.74, 6) is 1.70. The summed E-state index contributed by atoms with van der Waals surface area (Å²) in [5, 5.41) is 28.0. The molecule has 2 N–H and O–H groups in total. The predicted octanol–water partition coefficient (Wildman–Crippen LogP) is 4.17. The van der Waals surface area contributed by atoms with Crippen molar-refractivity contribution in [3.63, 3.8) is 0 Å². The third-order valence-corrected chi connectivity index (χ3v) is 5.05. The fourth-order valence-corrected chi connectivity index (χ4v) is 3.44. The second-order valence-electron chi connectivity index (χ2n) is 6.40. The number of aliphatic hydroxyl groups excluding tert-OH is 1. The van der Waals surface area contributed by atoms with Gasteiger partial charge in [-0.25, -0.2) is 0 Å². The van der Waals surface area contributed by atoms with Crippen molar-refractivity contribution in [2.24, 2.45) is 0 Å². The van der Waals surface area contributed by atoms with Crippen molar-refractivity contribution in [2.45, 2.75) is 6.54 Å². The highest BCUT2D eigenvalue weighted by molar-refractivity contribution is 6.37. The van der Waals surface area contributed by atoms with E-state index in [2.05, 4.69) is 10.2 Å². The normalized spacial score (nSPS) is 10.7. The van der Waals surface area contributed by atoms with Crippen molar-refractivity contribution in [3.05, 3.63) is 58.1 Å². The zero-order chi connectivity index (χ0) is 21.7. The number of methoxy groups -OCH3 is 2. The Balaban J connectivity index is 1.85. The monoisotopic (exact) mass is 449 g/mol. The number of benzene rings is 2. The molecule has 158 valence electrons. The highest BCUT2D eigenvalue weighted by atomic mass is 35.5. The smallest absolute Gasteiger partial charge is 0.161 e. The molecule has 2 aromatic carbocycles. The number of aromatic nitrogens is 2. The molecule has 3 rings (SSSR count). The lowest BCUT2D eigenvalue weighted by molar-refractivity contribution is 0.301. The first-order valence-corrected chi connectivity index (χ1v) is 9.81. The summed E-state index contributed by atoms with van der Waals surface area (Å²) in [7, 11) is 3.17. The molecule has 0 spiro atoms. The van der Waals surface area contributed by atoms with E-state index >= 15 is 0 Å². The maximum atomic E-state index is 9.72. The van der Waals surface area contributed by atoms with Crippen LogP contribution in [0, 0.1) is 0 Å². The summed E-state index contributed by atoms with van der Waals surface area (Å²) in [6.07, 6.45) is 0. The quantitative estimate of drug-likeness (QED) is 0.533. The van der Waals surface area contributed by atoms with E-state index in [4.69, 9.17) is 32.7 Å². The SMILES string of the molecule is COc1ccc(CN(CCO)c2ccc(-c3cc(Cl)c(O)c(Cl)c3)nn2)cc1OC. The Labute approximate surface area is 184 Å². The van der Waals surface area contributed by atoms with Gasteiger partial charge in [-0.15, -0.1) is 10.2 Å². The van der Waals surface area contributed by atoms with E-state index in [0.717, 1.165) is 5.56 Å². The number of phenolic OH excluding ortho intramolecular Hbond substituents is 1. The van der Waals surface area contributed by atoms with Gasteiger partial charge in [-0.05, 0) is 42.0 Å². The van der Waals surface area contributed by atoms with E-state index in [-0.39, 0.29) is 22.4 Å². The van der Waals surface area contributed by atoms with Crippen molar-refractivity contribution < 1.29 is 19.7 Å². The predicted molar refractivity (Wildman–Crippen MR) is 117 cm³/mol. The molecule has 1 aromatic heterocycles. The van der Waals surface area contributed by atoms with E-state index < -0.39 is 0 Å². The molecule has 0 aliphatic rings. The number of phenols is 1. The van der Waals surface area contributed by atoms with E-state index in [0.29, 0.717) is 41.7 Å². The van der Waals surface area contributed by atoms with Gasteiger partial charge in [-0.1, -0.05) is 29.3 Å². The Hall–Kier alpha value is -2.74. The van der Waals surface area contributed by atoms with Crippen molar-refractivity contribution in [1.29, 1.82) is 0 Å². The molecule has 0 radical (unpaired) electrons. The minimum Gasteiger partial charge on any atom is -0.505 e. The maximum Gasteiger partial charge on any atom is 0.161 e. The number of halogens is 2. The lowest BCUT2D eigenvalue weighted by Crippen LogP contribution is -2.27. The molecule has 0 unspecified atom stereocenters. The van der Waals surface area contributed by atoms with Crippen LogP contribution < -0.4 is 14.4 Å². The van der Waals surface area contributed by atoms with Gasteiger partial charge in [0.2, 0.25) is 0 Å². The van der Waals surface area contributed by atoms with Crippen molar-refractivity contribution in [3.8, 4) is 28.5 Å². The molecular formula is C21H21Cl2N3O4. The van der Waals surface area contributed by atoms with Gasteiger partial charge in [0.05, 0.1) is 36.6 Å². The minimum atomic E-state index is -0.171. The van der Waals surface area contributed by atoms with Crippen molar-refractivity contribution in [1.82, 2.24) is 10.2 Å². The highest BCUT2D eigenvalue weighted by Gasteiger charge is 2.14. The molecule has 0 aliphatic heterocycles. The van der Waals surface area contributed by atoms with Crippen LogP contribution >= 0.6 is 23.2 Å². The van der Waals surface area contributed by atoms with Crippen LogP contribution in [0.4, 0.5) is 5.82 Å². The first kappa shape index (κ1) is 22.0. The Bertz CT molecular complexity index is 993. The van der Waals surface area contributed by atoms with Gasteiger partial charge < -0.3 is 24.6 Å². The first-order valence-electron chi connectivity index (χ1n) is 9.05. The Morgan fingerprint density at radius 3 is 2.20 bits per heavy atom. The molecule has 9 heteroatoms. The number of aromatic hydroxyl groups is 1. The molecule has 0 aliphatic carbocycles. The van der Waals surface area contributed by atoms with E-state index in [1.165, 1.54) is 0 Å². The molecule has 0 amide bonds. The van der Waals surface area contributed by atoms with Crippen LogP contribution in [0.2, 0.25) is 10.0 Å². The Morgan fingerprint density at radius 1 is 0.933 bits per heavy atom.